The molecule has 0 saturated carbocycles. The van der Waals surface area contributed by atoms with E-state index in [9.17, 15) is 0 Å². The molecule has 2 aromatic carbocycles. The van der Waals surface area contributed by atoms with Gasteiger partial charge < -0.3 is 5.73 Å². The quantitative estimate of drug-likeness (QED) is 0.788. The highest BCUT2D eigenvalue weighted by Crippen LogP contribution is 2.22. The van der Waals surface area contributed by atoms with Crippen LogP contribution in [0, 0.1) is 0 Å². The third kappa shape index (κ3) is 2.45. The molecule has 0 aliphatic carbocycles. The van der Waals surface area contributed by atoms with E-state index in [0.717, 1.165) is 24.2 Å². The number of benzene rings is 2. The van der Waals surface area contributed by atoms with Crippen LogP contribution in [0.3, 0.4) is 0 Å². The molecule has 0 spiro atoms. The second-order valence-electron chi connectivity index (χ2n) is 4.75. The lowest BCUT2D eigenvalue weighted by Gasteiger charge is -2.05. The van der Waals surface area contributed by atoms with Gasteiger partial charge in [0.2, 0.25) is 5.95 Å². The minimum absolute atomic E-state index is 0.284. The second-order valence-corrected chi connectivity index (χ2v) is 4.75. The first-order valence-electron chi connectivity index (χ1n) is 6.76. The fourth-order valence-corrected chi connectivity index (χ4v) is 2.23. The van der Waals surface area contributed by atoms with Crippen LogP contribution in [0.5, 0.6) is 0 Å². The maximum absolute atomic E-state index is 5.78. The zero-order valence-corrected chi connectivity index (χ0v) is 11.4. The number of fused-ring (bicyclic) bond motifs is 1. The maximum atomic E-state index is 5.78. The van der Waals surface area contributed by atoms with Crippen LogP contribution in [-0.2, 0) is 6.42 Å². The molecule has 3 rings (SSSR count). The highest BCUT2D eigenvalue weighted by atomic mass is 15.1. The lowest BCUT2D eigenvalue weighted by Crippen LogP contribution is -2.04. The van der Waals surface area contributed by atoms with Crippen molar-refractivity contribution < 1.29 is 0 Å². The number of anilines is 1. The molecule has 4 heteroatoms. The Labute approximate surface area is 117 Å². The SMILES string of the molecule is CCCc1nc(N)nc(-c2ccc3ccccc3c2)n1. The van der Waals surface area contributed by atoms with Gasteiger partial charge in [0, 0.05) is 12.0 Å². The summed E-state index contributed by atoms with van der Waals surface area (Å²) in [5.41, 5.74) is 6.75. The van der Waals surface area contributed by atoms with Crippen molar-refractivity contribution in [2.75, 3.05) is 5.73 Å². The van der Waals surface area contributed by atoms with Crippen molar-refractivity contribution in [2.24, 2.45) is 0 Å². The van der Waals surface area contributed by atoms with Gasteiger partial charge in [0.25, 0.3) is 0 Å². The molecule has 2 N–H and O–H groups in total. The molecule has 0 aliphatic heterocycles. The monoisotopic (exact) mass is 264 g/mol. The molecule has 0 aliphatic rings. The van der Waals surface area contributed by atoms with Crippen LogP contribution in [0.4, 0.5) is 5.95 Å². The van der Waals surface area contributed by atoms with Gasteiger partial charge in [-0.2, -0.15) is 9.97 Å². The number of nitrogen functional groups attached to an aromatic ring is 1. The minimum Gasteiger partial charge on any atom is -0.368 e. The standard InChI is InChI=1S/C16H16N4/c1-2-5-14-18-15(20-16(17)19-14)13-9-8-11-6-3-4-7-12(11)10-13/h3-4,6-10H,2,5H2,1H3,(H2,17,18,19,20). The van der Waals surface area contributed by atoms with E-state index in [1.807, 2.05) is 18.2 Å². The fourth-order valence-electron chi connectivity index (χ4n) is 2.23. The third-order valence-electron chi connectivity index (χ3n) is 3.18. The summed E-state index contributed by atoms with van der Waals surface area (Å²) in [6.45, 7) is 2.09. The van der Waals surface area contributed by atoms with Crippen LogP contribution in [0.1, 0.15) is 19.2 Å². The summed E-state index contributed by atoms with van der Waals surface area (Å²) in [7, 11) is 0. The summed E-state index contributed by atoms with van der Waals surface area (Å²) in [5, 5.41) is 2.37. The smallest absolute Gasteiger partial charge is 0.223 e. The van der Waals surface area contributed by atoms with E-state index in [1.165, 1.54) is 10.8 Å². The summed E-state index contributed by atoms with van der Waals surface area (Å²) >= 11 is 0. The number of nitrogens with two attached hydrogens (primary N) is 1. The largest absolute Gasteiger partial charge is 0.368 e. The molecule has 20 heavy (non-hydrogen) atoms. The van der Waals surface area contributed by atoms with Crippen molar-refractivity contribution in [1.82, 2.24) is 15.0 Å². The maximum Gasteiger partial charge on any atom is 0.223 e. The van der Waals surface area contributed by atoms with Crippen molar-refractivity contribution in [2.45, 2.75) is 19.8 Å². The Morgan fingerprint density at radius 1 is 0.950 bits per heavy atom. The molecule has 3 aromatic rings. The first kappa shape index (κ1) is 12.5. The number of aromatic nitrogens is 3. The molecule has 1 heterocycles. The number of aryl methyl sites for hydroxylation is 1. The lowest BCUT2D eigenvalue weighted by atomic mass is 10.1. The Kier molecular flexibility index (Phi) is 3.29. The molecule has 0 amide bonds. The van der Waals surface area contributed by atoms with E-state index in [4.69, 9.17) is 5.73 Å². The number of nitrogens with zero attached hydrogens (tertiary/aromatic N) is 3. The van der Waals surface area contributed by atoms with Gasteiger partial charge in [-0.25, -0.2) is 4.98 Å². The zero-order valence-electron chi connectivity index (χ0n) is 11.4. The van der Waals surface area contributed by atoms with E-state index in [2.05, 4.69) is 46.1 Å². The average molecular weight is 264 g/mol. The first-order valence-corrected chi connectivity index (χ1v) is 6.76. The summed E-state index contributed by atoms with van der Waals surface area (Å²) < 4.78 is 0. The van der Waals surface area contributed by atoms with Crippen LogP contribution in [-0.4, -0.2) is 15.0 Å². The molecule has 0 bridgehead atoms. The van der Waals surface area contributed by atoms with Gasteiger partial charge in [-0.15, -0.1) is 0 Å². The van der Waals surface area contributed by atoms with Crippen LogP contribution >= 0.6 is 0 Å². The van der Waals surface area contributed by atoms with Gasteiger partial charge in [-0.05, 0) is 23.3 Å². The van der Waals surface area contributed by atoms with Crippen molar-refractivity contribution >= 4 is 16.7 Å². The molecule has 0 atom stereocenters. The first-order chi connectivity index (χ1) is 9.76. The van der Waals surface area contributed by atoms with Crippen molar-refractivity contribution in [3.63, 3.8) is 0 Å². The summed E-state index contributed by atoms with van der Waals surface area (Å²) in [6, 6.07) is 14.4. The van der Waals surface area contributed by atoms with Gasteiger partial charge >= 0.3 is 0 Å². The Bertz CT molecular complexity index is 752. The van der Waals surface area contributed by atoms with Crippen molar-refractivity contribution in [1.29, 1.82) is 0 Å². The number of rotatable bonds is 3. The molecular weight excluding hydrogens is 248 g/mol. The predicted molar refractivity (Wildman–Crippen MR) is 81.2 cm³/mol. The van der Waals surface area contributed by atoms with Gasteiger partial charge in [0.15, 0.2) is 5.82 Å². The molecule has 0 radical (unpaired) electrons. The topological polar surface area (TPSA) is 64.7 Å². The van der Waals surface area contributed by atoms with E-state index >= 15 is 0 Å². The van der Waals surface area contributed by atoms with E-state index in [0.29, 0.717) is 5.82 Å². The number of hydrogen-bond donors (Lipinski definition) is 1. The van der Waals surface area contributed by atoms with Gasteiger partial charge in [0.1, 0.15) is 5.82 Å². The zero-order chi connectivity index (χ0) is 13.9. The van der Waals surface area contributed by atoms with Crippen molar-refractivity contribution in [3.8, 4) is 11.4 Å². The summed E-state index contributed by atoms with van der Waals surface area (Å²) in [5.74, 6) is 1.68. The molecule has 4 nitrogen and oxygen atoms in total. The normalized spacial score (nSPS) is 10.8. The minimum atomic E-state index is 0.284. The van der Waals surface area contributed by atoms with Crippen LogP contribution < -0.4 is 5.73 Å². The van der Waals surface area contributed by atoms with E-state index in [1.54, 1.807) is 0 Å². The van der Waals surface area contributed by atoms with Crippen LogP contribution in [0.25, 0.3) is 22.2 Å². The number of hydrogen-bond acceptors (Lipinski definition) is 4. The van der Waals surface area contributed by atoms with E-state index < -0.39 is 0 Å². The molecule has 0 unspecified atom stereocenters. The summed E-state index contributed by atoms with van der Waals surface area (Å²) in [4.78, 5) is 12.9. The molecule has 1 aromatic heterocycles. The Hall–Kier alpha value is -2.49. The second kappa shape index (κ2) is 5.25. The molecule has 0 saturated heterocycles. The highest BCUT2D eigenvalue weighted by Gasteiger charge is 2.07. The third-order valence-corrected chi connectivity index (χ3v) is 3.18. The summed E-state index contributed by atoms with van der Waals surface area (Å²) in [6.07, 6.45) is 1.80. The van der Waals surface area contributed by atoms with Gasteiger partial charge in [0.05, 0.1) is 0 Å². The predicted octanol–water partition coefficient (Wildman–Crippen LogP) is 3.23. The lowest BCUT2D eigenvalue weighted by molar-refractivity contribution is 0.825. The Balaban J connectivity index is 2.10. The molecule has 100 valence electrons. The van der Waals surface area contributed by atoms with E-state index in [-0.39, 0.29) is 5.95 Å². The Morgan fingerprint density at radius 3 is 2.55 bits per heavy atom. The highest BCUT2D eigenvalue weighted by molar-refractivity contribution is 5.86. The Morgan fingerprint density at radius 2 is 1.75 bits per heavy atom. The average Bonchev–Trinajstić information content (AvgIpc) is 2.46. The van der Waals surface area contributed by atoms with Crippen LogP contribution in [0.15, 0.2) is 42.5 Å². The van der Waals surface area contributed by atoms with Crippen molar-refractivity contribution in [3.05, 3.63) is 48.3 Å². The van der Waals surface area contributed by atoms with Crippen LogP contribution in [0.2, 0.25) is 0 Å². The van der Waals surface area contributed by atoms with Gasteiger partial charge in [-0.3, -0.25) is 0 Å². The fraction of sp³-hybridized carbons (Fsp3) is 0.188. The molecular formula is C16H16N4. The molecule has 0 fully saturated rings. The van der Waals surface area contributed by atoms with Gasteiger partial charge in [-0.1, -0.05) is 43.3 Å².